The Morgan fingerprint density at radius 3 is 2.81 bits per heavy atom. The first-order chi connectivity index (χ1) is 13.0. The summed E-state index contributed by atoms with van der Waals surface area (Å²) in [6.45, 7) is 0.130. The van der Waals surface area contributed by atoms with Crippen molar-refractivity contribution in [2.24, 2.45) is 0 Å². The average Bonchev–Trinajstić information content (AvgIpc) is 2.68. The number of benzene rings is 2. The van der Waals surface area contributed by atoms with E-state index in [-0.39, 0.29) is 37.0 Å². The van der Waals surface area contributed by atoms with Crippen LogP contribution >= 0.6 is 11.6 Å². The number of amides is 2. The van der Waals surface area contributed by atoms with Gasteiger partial charge in [-0.3, -0.25) is 9.59 Å². The van der Waals surface area contributed by atoms with E-state index in [0.717, 1.165) is 0 Å². The quantitative estimate of drug-likeness (QED) is 0.796. The number of methoxy groups -OCH3 is 1. The van der Waals surface area contributed by atoms with Crippen molar-refractivity contribution >= 4 is 40.8 Å². The maximum Gasteiger partial charge on any atom is 0.337 e. The molecule has 1 aliphatic rings. The van der Waals surface area contributed by atoms with Crippen LogP contribution in [0.3, 0.4) is 0 Å². The van der Waals surface area contributed by atoms with Gasteiger partial charge in [0, 0.05) is 13.0 Å². The highest BCUT2D eigenvalue weighted by molar-refractivity contribution is 6.33. The number of para-hydroxylation sites is 2. The number of fused-ring (bicyclic) bond motifs is 1. The van der Waals surface area contributed by atoms with Crippen molar-refractivity contribution < 1.29 is 23.9 Å². The van der Waals surface area contributed by atoms with E-state index < -0.39 is 5.97 Å². The first-order valence-corrected chi connectivity index (χ1v) is 8.57. The van der Waals surface area contributed by atoms with Gasteiger partial charge in [0.25, 0.3) is 5.91 Å². The molecule has 0 fully saturated rings. The van der Waals surface area contributed by atoms with Crippen LogP contribution < -0.4 is 15.0 Å². The van der Waals surface area contributed by atoms with E-state index in [1.165, 1.54) is 30.2 Å². The third-order valence-electron chi connectivity index (χ3n) is 4.03. The van der Waals surface area contributed by atoms with Crippen LogP contribution in [0.4, 0.5) is 11.4 Å². The number of halogens is 1. The van der Waals surface area contributed by atoms with Crippen LogP contribution in [0.15, 0.2) is 42.5 Å². The van der Waals surface area contributed by atoms with Crippen LogP contribution in [0.25, 0.3) is 0 Å². The van der Waals surface area contributed by atoms with E-state index >= 15 is 0 Å². The van der Waals surface area contributed by atoms with E-state index in [9.17, 15) is 14.4 Å². The molecule has 8 heteroatoms. The summed E-state index contributed by atoms with van der Waals surface area (Å²) >= 11 is 6.08. The van der Waals surface area contributed by atoms with Crippen molar-refractivity contribution in [1.29, 1.82) is 0 Å². The van der Waals surface area contributed by atoms with Crippen molar-refractivity contribution in [1.82, 2.24) is 0 Å². The molecule has 0 radical (unpaired) electrons. The molecule has 0 bridgehead atoms. The number of carbonyl (C=O) groups excluding carboxylic acids is 3. The second-order valence-corrected chi connectivity index (χ2v) is 6.19. The molecule has 3 rings (SSSR count). The van der Waals surface area contributed by atoms with Gasteiger partial charge in [0.15, 0.2) is 6.61 Å². The largest absolute Gasteiger partial charge is 0.482 e. The van der Waals surface area contributed by atoms with Crippen LogP contribution in [0, 0.1) is 0 Å². The van der Waals surface area contributed by atoms with Gasteiger partial charge >= 0.3 is 5.97 Å². The minimum absolute atomic E-state index is 0.0544. The number of rotatable bonds is 5. The van der Waals surface area contributed by atoms with Crippen molar-refractivity contribution in [2.45, 2.75) is 6.42 Å². The number of nitrogens with zero attached hydrogens (tertiary/aromatic N) is 1. The summed E-state index contributed by atoms with van der Waals surface area (Å²) < 4.78 is 10.0. The number of hydrogen-bond acceptors (Lipinski definition) is 5. The zero-order chi connectivity index (χ0) is 19.4. The number of hydrogen-bond donors (Lipinski definition) is 1. The topological polar surface area (TPSA) is 84.9 Å². The number of esters is 1. The summed E-state index contributed by atoms with van der Waals surface area (Å²) in [5, 5.41) is 2.96. The number of ether oxygens (including phenoxy) is 2. The van der Waals surface area contributed by atoms with Crippen molar-refractivity contribution in [3.05, 3.63) is 53.1 Å². The molecule has 1 heterocycles. The molecular weight excluding hydrogens is 372 g/mol. The smallest absolute Gasteiger partial charge is 0.337 e. The predicted molar refractivity (Wildman–Crippen MR) is 100 cm³/mol. The molecule has 1 N–H and O–H groups in total. The van der Waals surface area contributed by atoms with Crippen molar-refractivity contribution in [2.75, 3.05) is 30.5 Å². The Balaban J connectivity index is 1.67. The van der Waals surface area contributed by atoms with Gasteiger partial charge < -0.3 is 19.7 Å². The third-order valence-corrected chi connectivity index (χ3v) is 4.36. The molecule has 27 heavy (non-hydrogen) atoms. The van der Waals surface area contributed by atoms with E-state index in [0.29, 0.717) is 22.1 Å². The summed E-state index contributed by atoms with van der Waals surface area (Å²) in [5.74, 6) is -0.480. The fraction of sp³-hybridized carbons (Fsp3) is 0.211. The molecule has 0 spiro atoms. The van der Waals surface area contributed by atoms with Gasteiger partial charge in [-0.2, -0.15) is 0 Å². The van der Waals surface area contributed by atoms with E-state index in [4.69, 9.17) is 16.3 Å². The summed E-state index contributed by atoms with van der Waals surface area (Å²) in [6.07, 6.45) is 0.0544. The standard InChI is InChI=1S/C19H17ClN2O5/c1-26-19(25)12-6-7-13(20)14(10-12)21-17(23)8-9-22-15-4-2-3-5-16(15)27-11-18(22)24/h2-7,10H,8-9,11H2,1H3,(H,21,23). The van der Waals surface area contributed by atoms with Gasteiger partial charge in [0.05, 0.1) is 29.1 Å². The molecule has 7 nitrogen and oxygen atoms in total. The van der Waals surface area contributed by atoms with Crippen molar-refractivity contribution in [3.8, 4) is 5.75 Å². The Morgan fingerprint density at radius 2 is 2.04 bits per heavy atom. The lowest BCUT2D eigenvalue weighted by atomic mass is 10.2. The van der Waals surface area contributed by atoms with Crippen LogP contribution in [0.1, 0.15) is 16.8 Å². The minimum Gasteiger partial charge on any atom is -0.482 e. The highest BCUT2D eigenvalue weighted by atomic mass is 35.5. The third kappa shape index (κ3) is 4.20. The fourth-order valence-electron chi connectivity index (χ4n) is 2.69. The SMILES string of the molecule is COC(=O)c1ccc(Cl)c(NC(=O)CCN2C(=O)COc3ccccc32)c1. The van der Waals surface area contributed by atoms with Gasteiger partial charge in [-0.1, -0.05) is 23.7 Å². The highest BCUT2D eigenvalue weighted by Crippen LogP contribution is 2.31. The van der Waals surface area contributed by atoms with E-state index in [1.54, 1.807) is 18.2 Å². The Labute approximate surface area is 160 Å². The van der Waals surface area contributed by atoms with Crippen LogP contribution in [0.5, 0.6) is 5.75 Å². The molecule has 0 saturated heterocycles. The van der Waals surface area contributed by atoms with Gasteiger partial charge in [0.1, 0.15) is 5.75 Å². The highest BCUT2D eigenvalue weighted by Gasteiger charge is 2.25. The Morgan fingerprint density at radius 1 is 1.26 bits per heavy atom. The van der Waals surface area contributed by atoms with Crippen LogP contribution in [-0.2, 0) is 14.3 Å². The molecular formula is C19H17ClN2O5. The number of carbonyl (C=O) groups is 3. The lowest BCUT2D eigenvalue weighted by Gasteiger charge is -2.29. The monoisotopic (exact) mass is 388 g/mol. The van der Waals surface area contributed by atoms with E-state index in [1.807, 2.05) is 6.07 Å². The summed E-state index contributed by atoms with van der Waals surface area (Å²) in [4.78, 5) is 37.6. The maximum atomic E-state index is 12.3. The maximum absolute atomic E-state index is 12.3. The van der Waals surface area contributed by atoms with Crippen LogP contribution in [0.2, 0.25) is 5.02 Å². The molecule has 0 saturated carbocycles. The molecule has 0 unspecified atom stereocenters. The Kier molecular flexibility index (Phi) is 5.61. The molecule has 1 aliphatic heterocycles. The first kappa shape index (κ1) is 18.7. The zero-order valence-corrected chi connectivity index (χ0v) is 15.3. The summed E-state index contributed by atoms with van der Waals surface area (Å²) in [5.41, 5.74) is 1.21. The first-order valence-electron chi connectivity index (χ1n) is 8.19. The molecule has 140 valence electrons. The second kappa shape index (κ2) is 8.09. The van der Waals surface area contributed by atoms with Gasteiger partial charge in [-0.15, -0.1) is 0 Å². The predicted octanol–water partition coefficient (Wildman–Crippen LogP) is 2.88. The molecule has 2 aromatic rings. The summed E-state index contributed by atoms with van der Waals surface area (Å²) in [7, 11) is 1.27. The molecule has 2 aromatic carbocycles. The molecule has 0 atom stereocenters. The lowest BCUT2D eigenvalue weighted by molar-refractivity contribution is -0.121. The van der Waals surface area contributed by atoms with Gasteiger partial charge in [0.2, 0.25) is 5.91 Å². The molecule has 0 aliphatic carbocycles. The van der Waals surface area contributed by atoms with E-state index in [2.05, 4.69) is 10.1 Å². The zero-order valence-electron chi connectivity index (χ0n) is 14.5. The number of anilines is 2. The summed E-state index contributed by atoms with van der Waals surface area (Å²) in [6, 6.07) is 11.6. The molecule has 2 amide bonds. The average molecular weight is 389 g/mol. The Hall–Kier alpha value is -3.06. The normalized spacial score (nSPS) is 12.8. The lowest BCUT2D eigenvalue weighted by Crippen LogP contribution is -2.40. The Bertz CT molecular complexity index is 899. The van der Waals surface area contributed by atoms with Gasteiger partial charge in [-0.05, 0) is 30.3 Å². The van der Waals surface area contributed by atoms with Crippen molar-refractivity contribution in [3.63, 3.8) is 0 Å². The molecule has 0 aromatic heterocycles. The minimum atomic E-state index is -0.530. The van der Waals surface area contributed by atoms with Crippen LogP contribution in [-0.4, -0.2) is 38.0 Å². The van der Waals surface area contributed by atoms with Gasteiger partial charge in [-0.25, -0.2) is 4.79 Å². The second-order valence-electron chi connectivity index (χ2n) is 5.79. The number of nitrogens with one attached hydrogen (secondary N) is 1. The fourth-order valence-corrected chi connectivity index (χ4v) is 2.86.